The van der Waals surface area contributed by atoms with Gasteiger partial charge in [-0.1, -0.05) is 18.2 Å². The van der Waals surface area contributed by atoms with Crippen molar-refractivity contribution < 1.29 is 48.1 Å². The molecule has 0 bridgehead atoms. The molecule has 3 aromatic carbocycles. The quantitative estimate of drug-likeness (QED) is 0.157. The molecule has 0 aromatic heterocycles. The van der Waals surface area contributed by atoms with Gasteiger partial charge in [-0.25, -0.2) is 9.59 Å². The summed E-state index contributed by atoms with van der Waals surface area (Å²) in [5, 5.41) is 25.8. The fourth-order valence-corrected chi connectivity index (χ4v) is 6.12. The summed E-state index contributed by atoms with van der Waals surface area (Å²) in [6.07, 6.45) is 0. The highest BCUT2D eigenvalue weighted by atomic mass is 16.6. The van der Waals surface area contributed by atoms with Gasteiger partial charge >= 0.3 is 11.9 Å². The number of nitrogens with zero attached hydrogens (tertiary/aromatic N) is 1. The van der Waals surface area contributed by atoms with E-state index in [4.69, 9.17) is 23.7 Å². The van der Waals surface area contributed by atoms with Crippen LogP contribution in [0.25, 0.3) is 0 Å². The van der Waals surface area contributed by atoms with Crippen LogP contribution in [0.2, 0.25) is 0 Å². The molecule has 13 nitrogen and oxygen atoms in total. The Kier molecular flexibility index (Phi) is 7.91. The number of fused-ring (bicyclic) bond motifs is 1. The number of benzene rings is 3. The SMILES string of the molecule is CCOC(=O)C1(C(=O)OCC)N[C@H](c2cc([N+](=O)[O-])ccc2O)[C@]2(Oc3ccccc3C2=O)[C@@H]1c1ccc(OC)c(OC)c1. The minimum absolute atomic E-state index is 0.137. The van der Waals surface area contributed by atoms with Crippen molar-refractivity contribution in [2.75, 3.05) is 27.4 Å². The first-order valence-corrected chi connectivity index (χ1v) is 13.7. The molecule has 3 atom stereocenters. The second kappa shape index (κ2) is 11.5. The first-order chi connectivity index (χ1) is 21.1. The highest BCUT2D eigenvalue weighted by Gasteiger charge is 2.77. The number of methoxy groups -OCH3 is 2. The Labute approximate surface area is 251 Å². The summed E-state index contributed by atoms with van der Waals surface area (Å²) < 4.78 is 28.3. The number of phenolic OH excluding ortho intramolecular Hbond substituents is 1. The van der Waals surface area contributed by atoms with Crippen molar-refractivity contribution >= 4 is 23.4 Å². The van der Waals surface area contributed by atoms with Crippen LogP contribution in [0, 0.1) is 10.1 Å². The minimum Gasteiger partial charge on any atom is -0.508 e. The number of hydrogen-bond acceptors (Lipinski definition) is 12. The molecular weight excluding hydrogens is 576 g/mol. The molecule has 3 aromatic rings. The number of esters is 2. The molecule has 2 heterocycles. The van der Waals surface area contributed by atoms with Gasteiger partial charge in [-0.05, 0) is 49.7 Å². The van der Waals surface area contributed by atoms with Crippen LogP contribution in [0.5, 0.6) is 23.0 Å². The molecule has 0 saturated carbocycles. The maximum absolute atomic E-state index is 14.7. The van der Waals surface area contributed by atoms with Crippen LogP contribution in [0.1, 0.15) is 47.3 Å². The second-order valence-corrected chi connectivity index (χ2v) is 10.1. The van der Waals surface area contributed by atoms with Crippen molar-refractivity contribution in [1.29, 1.82) is 0 Å². The van der Waals surface area contributed by atoms with Crippen LogP contribution in [-0.2, 0) is 19.1 Å². The zero-order valence-electron chi connectivity index (χ0n) is 24.3. The molecule has 2 aliphatic heterocycles. The van der Waals surface area contributed by atoms with Crippen LogP contribution in [0.3, 0.4) is 0 Å². The Morgan fingerprint density at radius 1 is 0.977 bits per heavy atom. The van der Waals surface area contributed by atoms with Crippen LogP contribution in [0.15, 0.2) is 60.7 Å². The van der Waals surface area contributed by atoms with Crippen LogP contribution < -0.4 is 19.5 Å². The Morgan fingerprint density at radius 2 is 1.64 bits per heavy atom. The van der Waals surface area contributed by atoms with E-state index >= 15 is 0 Å². The first-order valence-electron chi connectivity index (χ1n) is 13.7. The van der Waals surface area contributed by atoms with Crippen LogP contribution in [0.4, 0.5) is 5.69 Å². The summed E-state index contributed by atoms with van der Waals surface area (Å²) in [5.74, 6) is -4.12. The monoisotopic (exact) mass is 606 g/mol. The average Bonchev–Trinajstić information content (AvgIpc) is 3.49. The van der Waals surface area contributed by atoms with E-state index in [1.165, 1.54) is 38.5 Å². The maximum Gasteiger partial charge on any atom is 0.338 e. The van der Waals surface area contributed by atoms with Crippen molar-refractivity contribution in [2.24, 2.45) is 0 Å². The van der Waals surface area contributed by atoms with Crippen LogP contribution >= 0.6 is 0 Å². The fraction of sp³-hybridized carbons (Fsp3) is 0.323. The van der Waals surface area contributed by atoms with Crippen LogP contribution in [-0.4, -0.2) is 66.3 Å². The van der Waals surface area contributed by atoms with Crippen molar-refractivity contribution in [1.82, 2.24) is 5.32 Å². The number of Topliss-reactive ketones (excluding diaryl/α,β-unsaturated/α-hetero) is 1. The standard InChI is InChI=1S/C31H30N2O11/c1-5-42-28(36)30(29(37)43-6-2)25(17-11-14-23(40-3)24(15-17)41-4)31(27(35)19-9-7-8-10-22(19)44-31)26(32-30)20-16-18(33(38)39)12-13-21(20)34/h7-16,25-26,32,34H,5-6H2,1-4H3/t25-,26-,31-/m1/s1. The van der Waals surface area contributed by atoms with Gasteiger partial charge in [0.15, 0.2) is 11.5 Å². The number of ketones is 1. The number of nitro benzene ring substituents is 1. The lowest BCUT2D eigenvalue weighted by Crippen LogP contribution is -2.61. The number of aromatic hydroxyl groups is 1. The topological polar surface area (TPSA) is 173 Å². The number of rotatable bonds is 9. The predicted molar refractivity (Wildman–Crippen MR) is 153 cm³/mol. The average molecular weight is 607 g/mol. The van der Waals surface area contributed by atoms with Crippen molar-refractivity contribution in [3.05, 3.63) is 87.5 Å². The molecule has 1 spiro atoms. The van der Waals surface area contributed by atoms with E-state index in [0.29, 0.717) is 5.75 Å². The molecule has 44 heavy (non-hydrogen) atoms. The number of carbonyl (C=O) groups excluding carboxylic acids is 3. The predicted octanol–water partition coefficient (Wildman–Crippen LogP) is 3.62. The molecule has 0 aliphatic carbocycles. The lowest BCUT2D eigenvalue weighted by atomic mass is 9.68. The molecule has 2 aliphatic rings. The molecule has 230 valence electrons. The summed E-state index contributed by atoms with van der Waals surface area (Å²) in [6, 6.07) is 12.6. The number of para-hydroxylation sites is 1. The van der Waals surface area contributed by atoms with E-state index in [2.05, 4.69) is 5.32 Å². The molecule has 5 rings (SSSR count). The van der Waals surface area contributed by atoms with Crippen molar-refractivity contribution in [2.45, 2.75) is 36.9 Å². The number of ether oxygens (including phenoxy) is 5. The van der Waals surface area contributed by atoms with E-state index in [1.54, 1.807) is 32.0 Å². The lowest BCUT2D eigenvalue weighted by Gasteiger charge is -2.37. The number of nitrogens with one attached hydrogen (secondary N) is 1. The normalized spacial score (nSPS) is 21.3. The number of carbonyl (C=O) groups is 3. The Balaban J connectivity index is 1.92. The summed E-state index contributed by atoms with van der Waals surface area (Å²) >= 11 is 0. The molecule has 0 amide bonds. The maximum atomic E-state index is 14.7. The zero-order valence-corrected chi connectivity index (χ0v) is 24.3. The third-order valence-corrected chi connectivity index (χ3v) is 7.90. The number of phenols is 1. The van der Waals surface area contributed by atoms with Gasteiger partial charge in [0.2, 0.25) is 16.9 Å². The molecule has 0 unspecified atom stereocenters. The smallest absolute Gasteiger partial charge is 0.338 e. The molecule has 1 saturated heterocycles. The Morgan fingerprint density at radius 3 is 2.23 bits per heavy atom. The third-order valence-electron chi connectivity index (χ3n) is 7.90. The van der Waals surface area contributed by atoms with Gasteiger partial charge in [0.05, 0.1) is 49.9 Å². The fourth-order valence-electron chi connectivity index (χ4n) is 6.12. The van der Waals surface area contributed by atoms with Gasteiger partial charge in [0, 0.05) is 17.7 Å². The number of hydrogen-bond donors (Lipinski definition) is 2. The van der Waals surface area contributed by atoms with E-state index in [-0.39, 0.29) is 41.4 Å². The summed E-state index contributed by atoms with van der Waals surface area (Å²) in [7, 11) is 2.82. The molecule has 1 fully saturated rings. The van der Waals surface area contributed by atoms with E-state index in [1.807, 2.05) is 0 Å². The first kappa shape index (κ1) is 30.3. The van der Waals surface area contributed by atoms with E-state index < -0.39 is 57.2 Å². The second-order valence-electron chi connectivity index (χ2n) is 10.1. The minimum atomic E-state index is -2.45. The largest absolute Gasteiger partial charge is 0.508 e. The highest BCUT2D eigenvalue weighted by Crippen LogP contribution is 2.60. The molecule has 0 radical (unpaired) electrons. The molecular formula is C31H30N2O11. The molecule has 13 heteroatoms. The summed E-state index contributed by atoms with van der Waals surface area (Å²) in [4.78, 5) is 54.1. The zero-order chi connectivity index (χ0) is 31.8. The highest BCUT2D eigenvalue weighted by molar-refractivity contribution is 6.14. The van der Waals surface area contributed by atoms with Gasteiger partial charge in [-0.3, -0.25) is 20.2 Å². The summed E-state index contributed by atoms with van der Waals surface area (Å²) in [5.41, 5.74) is -4.87. The Hall–Kier alpha value is -5.17. The van der Waals surface area contributed by atoms with Crippen molar-refractivity contribution in [3.8, 4) is 23.0 Å². The van der Waals surface area contributed by atoms with Gasteiger partial charge in [0.1, 0.15) is 11.5 Å². The van der Waals surface area contributed by atoms with Gasteiger partial charge in [-0.2, -0.15) is 0 Å². The Bertz CT molecular complexity index is 1640. The number of nitro groups is 1. The third kappa shape index (κ3) is 4.39. The van der Waals surface area contributed by atoms with Crippen molar-refractivity contribution in [3.63, 3.8) is 0 Å². The van der Waals surface area contributed by atoms with Gasteiger partial charge in [-0.15, -0.1) is 0 Å². The molecule has 2 N–H and O–H groups in total. The summed E-state index contributed by atoms with van der Waals surface area (Å²) in [6.45, 7) is 2.80. The number of non-ortho nitro benzene ring substituents is 1. The lowest BCUT2D eigenvalue weighted by molar-refractivity contribution is -0.385. The van der Waals surface area contributed by atoms with Gasteiger partial charge < -0.3 is 28.8 Å². The van der Waals surface area contributed by atoms with E-state index in [9.17, 15) is 29.6 Å². The van der Waals surface area contributed by atoms with Gasteiger partial charge in [0.25, 0.3) is 5.69 Å². The van der Waals surface area contributed by atoms with E-state index in [0.717, 1.165) is 18.2 Å².